The molecule has 19 heavy (non-hydrogen) atoms. The number of phenolic OH excluding ortho intramolecular Hbond substituents is 1. The van der Waals surface area contributed by atoms with Crippen molar-refractivity contribution in [3.8, 4) is 5.75 Å². The quantitative estimate of drug-likeness (QED) is 0.883. The largest absolute Gasteiger partial charge is 0.506 e. The highest BCUT2D eigenvalue weighted by molar-refractivity contribution is 6.32. The molecule has 0 bridgehead atoms. The number of anilines is 1. The van der Waals surface area contributed by atoms with Crippen LogP contribution < -0.4 is 5.32 Å². The molecule has 0 fully saturated rings. The van der Waals surface area contributed by atoms with E-state index >= 15 is 0 Å². The second-order valence-electron chi connectivity index (χ2n) is 4.22. The summed E-state index contributed by atoms with van der Waals surface area (Å²) in [5.41, 5.74) is 1.10. The molecule has 0 amide bonds. The van der Waals surface area contributed by atoms with Gasteiger partial charge in [0, 0.05) is 12.6 Å². The minimum absolute atomic E-state index is 0.0158. The van der Waals surface area contributed by atoms with Crippen molar-refractivity contribution in [1.82, 2.24) is 0 Å². The fraction of sp³-hybridized carbons (Fsp3) is 0.143. The maximum Gasteiger partial charge on any atom is 0.146 e. The van der Waals surface area contributed by atoms with E-state index in [2.05, 4.69) is 5.32 Å². The first-order valence-corrected chi connectivity index (χ1v) is 6.02. The summed E-state index contributed by atoms with van der Waals surface area (Å²) in [6, 6.07) is 6.92. The average molecular weight is 284 g/mol. The third-order valence-electron chi connectivity index (χ3n) is 2.74. The molecule has 2 aromatic rings. The molecule has 0 aliphatic heterocycles. The summed E-state index contributed by atoms with van der Waals surface area (Å²) in [6.45, 7) is 1.78. The Bertz CT molecular complexity index is 617. The molecule has 5 heteroatoms. The molecule has 2 N–H and O–H groups in total. The summed E-state index contributed by atoms with van der Waals surface area (Å²) in [4.78, 5) is 0. The highest BCUT2D eigenvalue weighted by Crippen LogP contribution is 2.25. The van der Waals surface area contributed by atoms with E-state index < -0.39 is 11.6 Å². The molecule has 0 aliphatic carbocycles. The van der Waals surface area contributed by atoms with Crippen LogP contribution in [0.25, 0.3) is 0 Å². The minimum Gasteiger partial charge on any atom is -0.506 e. The van der Waals surface area contributed by atoms with E-state index in [0.717, 1.165) is 17.7 Å². The number of benzene rings is 2. The first-order valence-electron chi connectivity index (χ1n) is 5.64. The Morgan fingerprint density at radius 2 is 1.89 bits per heavy atom. The molecule has 0 atom stereocenters. The topological polar surface area (TPSA) is 32.3 Å². The van der Waals surface area contributed by atoms with Gasteiger partial charge in [0.25, 0.3) is 0 Å². The van der Waals surface area contributed by atoms with Crippen molar-refractivity contribution in [2.45, 2.75) is 13.5 Å². The second-order valence-corrected chi connectivity index (χ2v) is 4.63. The Hall–Kier alpha value is -1.81. The lowest BCUT2D eigenvalue weighted by Crippen LogP contribution is -2.02. The molecule has 100 valence electrons. The van der Waals surface area contributed by atoms with Crippen LogP contribution in [0.2, 0.25) is 5.02 Å². The van der Waals surface area contributed by atoms with Gasteiger partial charge in [0.1, 0.15) is 17.4 Å². The molecule has 0 aliphatic rings. The Morgan fingerprint density at radius 3 is 2.58 bits per heavy atom. The van der Waals surface area contributed by atoms with Crippen LogP contribution in [-0.2, 0) is 6.54 Å². The van der Waals surface area contributed by atoms with Gasteiger partial charge in [0.05, 0.1) is 10.7 Å². The molecular weight excluding hydrogens is 272 g/mol. The number of aromatic hydroxyl groups is 1. The van der Waals surface area contributed by atoms with Crippen LogP contribution in [0.15, 0.2) is 30.3 Å². The van der Waals surface area contributed by atoms with E-state index in [1.54, 1.807) is 12.1 Å². The summed E-state index contributed by atoms with van der Waals surface area (Å²) in [5.74, 6) is -0.991. The SMILES string of the molecule is Cc1cc(F)c(NCc2ccc(O)c(Cl)c2)cc1F. The minimum atomic E-state index is -0.510. The van der Waals surface area contributed by atoms with E-state index in [0.29, 0.717) is 0 Å². The van der Waals surface area contributed by atoms with Gasteiger partial charge in [-0.15, -0.1) is 0 Å². The van der Waals surface area contributed by atoms with Crippen molar-refractivity contribution in [2.75, 3.05) is 5.32 Å². The molecule has 2 aromatic carbocycles. The Balaban J connectivity index is 2.14. The number of hydrogen-bond acceptors (Lipinski definition) is 2. The molecule has 0 saturated heterocycles. The number of nitrogens with one attached hydrogen (secondary N) is 1. The summed E-state index contributed by atoms with van der Waals surface area (Å²) < 4.78 is 26.9. The Kier molecular flexibility index (Phi) is 3.90. The van der Waals surface area contributed by atoms with E-state index in [1.165, 1.54) is 13.0 Å². The smallest absolute Gasteiger partial charge is 0.146 e. The summed E-state index contributed by atoms with van der Waals surface area (Å²) in [5, 5.41) is 12.3. The third kappa shape index (κ3) is 3.15. The summed E-state index contributed by atoms with van der Waals surface area (Å²) in [6.07, 6.45) is 0. The average Bonchev–Trinajstić information content (AvgIpc) is 2.36. The standard InChI is InChI=1S/C14H12ClF2NO/c1-8-4-12(17)13(6-11(8)16)18-7-9-2-3-14(19)10(15)5-9/h2-6,18-19H,7H2,1H3. The maximum atomic E-state index is 13.6. The first-order chi connectivity index (χ1) is 8.97. The van der Waals surface area contributed by atoms with Crippen LogP contribution >= 0.6 is 11.6 Å². The lowest BCUT2D eigenvalue weighted by Gasteiger charge is -2.09. The zero-order chi connectivity index (χ0) is 14.0. The highest BCUT2D eigenvalue weighted by Gasteiger charge is 2.07. The molecule has 0 spiro atoms. The van der Waals surface area contributed by atoms with Crippen molar-refractivity contribution < 1.29 is 13.9 Å². The second kappa shape index (κ2) is 5.45. The zero-order valence-corrected chi connectivity index (χ0v) is 10.9. The molecule has 0 radical (unpaired) electrons. The van der Waals surface area contributed by atoms with Crippen LogP contribution in [0.3, 0.4) is 0 Å². The number of hydrogen-bond donors (Lipinski definition) is 2. The van der Waals surface area contributed by atoms with Crippen LogP contribution in [0.5, 0.6) is 5.75 Å². The van der Waals surface area contributed by atoms with Crippen molar-refractivity contribution in [2.24, 2.45) is 0 Å². The predicted molar refractivity (Wildman–Crippen MR) is 71.5 cm³/mol. The molecular formula is C14H12ClF2NO. The Morgan fingerprint density at radius 1 is 1.16 bits per heavy atom. The molecule has 0 aromatic heterocycles. The lowest BCUT2D eigenvalue weighted by atomic mass is 10.2. The van der Waals surface area contributed by atoms with Gasteiger partial charge in [0.15, 0.2) is 0 Å². The van der Waals surface area contributed by atoms with Gasteiger partial charge in [-0.3, -0.25) is 0 Å². The summed E-state index contributed by atoms with van der Waals surface area (Å²) in [7, 11) is 0. The van der Waals surface area contributed by atoms with E-state index in [4.69, 9.17) is 11.6 Å². The number of aryl methyl sites for hydroxylation is 1. The normalized spacial score (nSPS) is 10.5. The van der Waals surface area contributed by atoms with E-state index in [1.807, 2.05) is 0 Å². The number of phenols is 1. The number of rotatable bonds is 3. The van der Waals surface area contributed by atoms with Gasteiger partial charge in [-0.25, -0.2) is 8.78 Å². The lowest BCUT2D eigenvalue weighted by molar-refractivity contribution is 0.475. The van der Waals surface area contributed by atoms with Crippen molar-refractivity contribution >= 4 is 17.3 Å². The van der Waals surface area contributed by atoms with Gasteiger partial charge in [-0.05, 0) is 36.2 Å². The molecule has 2 rings (SSSR count). The van der Waals surface area contributed by atoms with Gasteiger partial charge in [-0.2, -0.15) is 0 Å². The van der Waals surface area contributed by atoms with Gasteiger partial charge < -0.3 is 10.4 Å². The van der Waals surface area contributed by atoms with Crippen LogP contribution in [0.1, 0.15) is 11.1 Å². The zero-order valence-electron chi connectivity index (χ0n) is 10.2. The fourth-order valence-corrected chi connectivity index (χ4v) is 1.84. The first kappa shape index (κ1) is 13.6. The van der Waals surface area contributed by atoms with Crippen LogP contribution in [0, 0.1) is 18.6 Å². The van der Waals surface area contributed by atoms with Crippen LogP contribution in [0.4, 0.5) is 14.5 Å². The van der Waals surface area contributed by atoms with Crippen molar-refractivity contribution in [3.63, 3.8) is 0 Å². The molecule has 2 nitrogen and oxygen atoms in total. The molecule has 0 heterocycles. The maximum absolute atomic E-state index is 13.6. The highest BCUT2D eigenvalue weighted by atomic mass is 35.5. The van der Waals surface area contributed by atoms with E-state index in [-0.39, 0.29) is 28.6 Å². The third-order valence-corrected chi connectivity index (χ3v) is 3.05. The van der Waals surface area contributed by atoms with E-state index in [9.17, 15) is 13.9 Å². The predicted octanol–water partition coefficient (Wildman–Crippen LogP) is 4.24. The van der Waals surface area contributed by atoms with Crippen molar-refractivity contribution in [3.05, 3.63) is 58.1 Å². The summed E-state index contributed by atoms with van der Waals surface area (Å²) >= 11 is 5.76. The van der Waals surface area contributed by atoms with Gasteiger partial charge in [-0.1, -0.05) is 17.7 Å². The Labute approximate surface area is 114 Å². The van der Waals surface area contributed by atoms with Crippen LogP contribution in [-0.4, -0.2) is 5.11 Å². The molecule has 0 saturated carbocycles. The molecule has 0 unspecified atom stereocenters. The number of halogens is 3. The van der Waals surface area contributed by atoms with Gasteiger partial charge in [0.2, 0.25) is 0 Å². The van der Waals surface area contributed by atoms with Gasteiger partial charge >= 0.3 is 0 Å². The van der Waals surface area contributed by atoms with Crippen molar-refractivity contribution in [1.29, 1.82) is 0 Å². The fourth-order valence-electron chi connectivity index (χ4n) is 1.64. The monoisotopic (exact) mass is 283 g/mol.